The molecule has 1 saturated heterocycles. The second kappa shape index (κ2) is 6.06. The van der Waals surface area contributed by atoms with Gasteiger partial charge in [0, 0.05) is 24.8 Å². The Kier molecular flexibility index (Phi) is 4.63. The molecule has 2 heterocycles. The third-order valence-corrected chi connectivity index (χ3v) is 4.47. The number of likely N-dealkylation sites (tertiary alicyclic amines) is 1. The minimum atomic E-state index is 0.139. The van der Waals surface area contributed by atoms with Gasteiger partial charge in [-0.15, -0.1) is 0 Å². The summed E-state index contributed by atoms with van der Waals surface area (Å²) in [5, 5.41) is 4.29. The summed E-state index contributed by atoms with van der Waals surface area (Å²) in [6, 6.07) is 0.446. The summed E-state index contributed by atoms with van der Waals surface area (Å²) in [7, 11) is 1.97. The van der Waals surface area contributed by atoms with E-state index < -0.39 is 0 Å². The molecule has 108 valence electrons. The normalized spacial score (nSPS) is 21.8. The van der Waals surface area contributed by atoms with Crippen molar-refractivity contribution in [2.75, 3.05) is 13.1 Å². The highest BCUT2D eigenvalue weighted by Gasteiger charge is 2.29. The van der Waals surface area contributed by atoms with Crippen molar-refractivity contribution in [2.24, 2.45) is 24.6 Å². The van der Waals surface area contributed by atoms with Crippen molar-refractivity contribution in [1.82, 2.24) is 14.7 Å². The van der Waals surface area contributed by atoms with Crippen molar-refractivity contribution < 1.29 is 0 Å². The van der Waals surface area contributed by atoms with E-state index in [9.17, 15) is 0 Å². The zero-order valence-corrected chi connectivity index (χ0v) is 12.7. The van der Waals surface area contributed by atoms with Crippen LogP contribution < -0.4 is 5.73 Å². The highest BCUT2D eigenvalue weighted by Crippen LogP contribution is 2.31. The number of hydrogen-bond donors (Lipinski definition) is 1. The number of aryl methyl sites for hydroxylation is 1. The molecular formula is C15H28N4. The van der Waals surface area contributed by atoms with Crippen LogP contribution in [0.4, 0.5) is 0 Å². The minimum absolute atomic E-state index is 0.139. The van der Waals surface area contributed by atoms with Crippen LogP contribution in [-0.4, -0.2) is 33.8 Å². The quantitative estimate of drug-likeness (QED) is 0.906. The maximum atomic E-state index is 6.22. The molecule has 2 unspecified atom stereocenters. The van der Waals surface area contributed by atoms with E-state index >= 15 is 0 Å². The second-order valence-electron chi connectivity index (χ2n) is 6.37. The van der Waals surface area contributed by atoms with E-state index in [4.69, 9.17) is 5.73 Å². The summed E-state index contributed by atoms with van der Waals surface area (Å²) in [6.07, 6.45) is 6.65. The van der Waals surface area contributed by atoms with E-state index in [0.717, 1.165) is 24.9 Å². The summed E-state index contributed by atoms with van der Waals surface area (Å²) in [6.45, 7) is 9.09. The lowest BCUT2D eigenvalue weighted by Gasteiger charge is -2.40. The van der Waals surface area contributed by atoms with Crippen LogP contribution in [-0.2, 0) is 7.05 Å². The van der Waals surface area contributed by atoms with Gasteiger partial charge in [0.1, 0.15) is 0 Å². The molecule has 0 aromatic carbocycles. The largest absolute Gasteiger partial charge is 0.326 e. The van der Waals surface area contributed by atoms with Gasteiger partial charge in [-0.25, -0.2) is 0 Å². The third kappa shape index (κ3) is 3.37. The van der Waals surface area contributed by atoms with Gasteiger partial charge in [-0.05, 0) is 44.7 Å². The van der Waals surface area contributed by atoms with Crippen molar-refractivity contribution in [3.63, 3.8) is 0 Å². The highest BCUT2D eigenvalue weighted by atomic mass is 15.3. The molecule has 4 heteroatoms. The van der Waals surface area contributed by atoms with Crippen LogP contribution >= 0.6 is 0 Å². The van der Waals surface area contributed by atoms with E-state index in [2.05, 4.69) is 37.0 Å². The molecule has 4 nitrogen and oxygen atoms in total. The lowest BCUT2D eigenvalue weighted by atomic mass is 9.85. The summed E-state index contributed by atoms with van der Waals surface area (Å²) in [5.74, 6) is 1.67. The molecule has 0 aliphatic carbocycles. The highest BCUT2D eigenvalue weighted by molar-refractivity contribution is 5.13. The zero-order chi connectivity index (χ0) is 14.0. The molecular weight excluding hydrogens is 236 g/mol. The summed E-state index contributed by atoms with van der Waals surface area (Å²) in [4.78, 5) is 2.54. The minimum Gasteiger partial charge on any atom is -0.326 e. The van der Waals surface area contributed by atoms with E-state index in [1.807, 2.05) is 17.9 Å². The van der Waals surface area contributed by atoms with Crippen LogP contribution in [0.1, 0.15) is 45.2 Å². The van der Waals surface area contributed by atoms with Crippen molar-refractivity contribution in [3.05, 3.63) is 18.0 Å². The van der Waals surface area contributed by atoms with E-state index in [-0.39, 0.29) is 6.04 Å². The van der Waals surface area contributed by atoms with Crippen LogP contribution in [0.15, 0.2) is 12.4 Å². The van der Waals surface area contributed by atoms with E-state index in [0.29, 0.717) is 6.04 Å². The average molecular weight is 264 g/mol. The molecule has 1 aromatic rings. The molecule has 1 aromatic heterocycles. The average Bonchev–Trinajstić information content (AvgIpc) is 2.76. The number of hydrogen-bond acceptors (Lipinski definition) is 3. The fourth-order valence-electron chi connectivity index (χ4n) is 3.30. The van der Waals surface area contributed by atoms with Crippen LogP contribution in [0, 0.1) is 11.8 Å². The topological polar surface area (TPSA) is 47.1 Å². The first kappa shape index (κ1) is 14.5. The predicted molar refractivity (Wildman–Crippen MR) is 78.7 cm³/mol. The lowest BCUT2D eigenvalue weighted by molar-refractivity contribution is 0.103. The zero-order valence-electron chi connectivity index (χ0n) is 12.7. The van der Waals surface area contributed by atoms with Crippen LogP contribution in [0.25, 0.3) is 0 Å². The Labute approximate surface area is 117 Å². The number of nitrogens with two attached hydrogens (primary N) is 1. The first-order chi connectivity index (χ1) is 8.99. The van der Waals surface area contributed by atoms with Crippen molar-refractivity contribution >= 4 is 0 Å². The molecule has 0 radical (unpaired) electrons. The Balaban J connectivity index is 2.05. The van der Waals surface area contributed by atoms with Gasteiger partial charge in [0.05, 0.1) is 12.2 Å². The molecule has 2 N–H and O–H groups in total. The molecule has 0 bridgehead atoms. The van der Waals surface area contributed by atoms with E-state index in [1.54, 1.807) is 0 Å². The lowest BCUT2D eigenvalue weighted by Crippen LogP contribution is -2.44. The molecule has 2 rings (SSSR count). The Morgan fingerprint density at radius 3 is 2.32 bits per heavy atom. The van der Waals surface area contributed by atoms with Crippen LogP contribution in [0.3, 0.4) is 0 Å². The summed E-state index contributed by atoms with van der Waals surface area (Å²) in [5.41, 5.74) is 7.47. The molecule has 2 atom stereocenters. The van der Waals surface area contributed by atoms with Gasteiger partial charge in [0.2, 0.25) is 0 Å². The first-order valence-corrected chi connectivity index (χ1v) is 7.47. The Hall–Kier alpha value is -0.870. The standard InChI is InChI=1S/C15H28N4/c1-11(2)13-5-7-19(8-6-13)15(12(3)16)14-9-17-18(4)10-14/h9-13,15H,5-8,16H2,1-4H3. The molecule has 1 aliphatic heterocycles. The van der Waals surface area contributed by atoms with Gasteiger partial charge in [0.25, 0.3) is 0 Å². The van der Waals surface area contributed by atoms with E-state index in [1.165, 1.54) is 18.4 Å². The van der Waals surface area contributed by atoms with Gasteiger partial charge in [-0.3, -0.25) is 9.58 Å². The summed E-state index contributed by atoms with van der Waals surface area (Å²) >= 11 is 0. The van der Waals surface area contributed by atoms with Gasteiger partial charge in [-0.2, -0.15) is 5.10 Å². The number of rotatable bonds is 4. The van der Waals surface area contributed by atoms with Crippen molar-refractivity contribution in [3.8, 4) is 0 Å². The smallest absolute Gasteiger partial charge is 0.0538 e. The Bertz CT molecular complexity index is 389. The fourth-order valence-corrected chi connectivity index (χ4v) is 3.30. The second-order valence-corrected chi connectivity index (χ2v) is 6.37. The van der Waals surface area contributed by atoms with Gasteiger partial charge < -0.3 is 5.73 Å². The first-order valence-electron chi connectivity index (χ1n) is 7.47. The van der Waals surface area contributed by atoms with Crippen molar-refractivity contribution in [2.45, 2.75) is 45.7 Å². The monoisotopic (exact) mass is 264 g/mol. The predicted octanol–water partition coefficient (Wildman–Crippen LogP) is 2.18. The number of aromatic nitrogens is 2. The molecule has 1 fully saturated rings. The van der Waals surface area contributed by atoms with Gasteiger partial charge in [-0.1, -0.05) is 13.8 Å². The van der Waals surface area contributed by atoms with Gasteiger partial charge >= 0.3 is 0 Å². The number of nitrogens with zero attached hydrogens (tertiary/aromatic N) is 3. The fraction of sp³-hybridized carbons (Fsp3) is 0.800. The third-order valence-electron chi connectivity index (χ3n) is 4.47. The molecule has 0 saturated carbocycles. The summed E-state index contributed by atoms with van der Waals surface area (Å²) < 4.78 is 1.87. The molecule has 19 heavy (non-hydrogen) atoms. The maximum Gasteiger partial charge on any atom is 0.0538 e. The molecule has 0 spiro atoms. The Morgan fingerprint density at radius 2 is 1.89 bits per heavy atom. The number of piperidine rings is 1. The molecule has 0 amide bonds. The van der Waals surface area contributed by atoms with Gasteiger partial charge in [0.15, 0.2) is 0 Å². The maximum absolute atomic E-state index is 6.22. The van der Waals surface area contributed by atoms with Crippen LogP contribution in [0.2, 0.25) is 0 Å². The SMILES string of the molecule is CC(C)C1CCN(C(c2cnn(C)c2)C(C)N)CC1. The molecule has 1 aliphatic rings. The Morgan fingerprint density at radius 1 is 1.26 bits per heavy atom. The van der Waals surface area contributed by atoms with Crippen LogP contribution in [0.5, 0.6) is 0 Å². The van der Waals surface area contributed by atoms with Crippen molar-refractivity contribution in [1.29, 1.82) is 0 Å².